The van der Waals surface area contributed by atoms with Crippen LogP contribution in [-0.2, 0) is 39.0 Å². The summed E-state index contributed by atoms with van der Waals surface area (Å²) in [6.07, 6.45) is -0.716. The molecule has 0 radical (unpaired) electrons. The molecule has 0 spiro atoms. The molecule has 11 nitrogen and oxygen atoms in total. The third-order valence-electron chi connectivity index (χ3n) is 2.66. The number of sulfone groups is 1. The highest BCUT2D eigenvalue weighted by Crippen LogP contribution is 2.24. The molecule has 1 aromatic carbocycles. The summed E-state index contributed by atoms with van der Waals surface area (Å²) >= 11 is 0. The summed E-state index contributed by atoms with van der Waals surface area (Å²) in [7, 11) is -13.6. The van der Waals surface area contributed by atoms with Gasteiger partial charge in [0.15, 0.2) is 9.84 Å². The van der Waals surface area contributed by atoms with Crippen LogP contribution in [0.4, 0.5) is 0 Å². The summed E-state index contributed by atoms with van der Waals surface area (Å²) in [6, 6.07) is 3.03. The molecule has 0 bridgehead atoms. The quantitative estimate of drug-likeness (QED) is 0.389. The number of hydrogen-bond donors (Lipinski definition) is 2. The maximum absolute atomic E-state index is 11.4. The summed E-state index contributed by atoms with van der Waals surface area (Å²) in [4.78, 5) is -0.0854. The van der Waals surface area contributed by atoms with Crippen molar-refractivity contribution in [1.82, 2.24) is 0 Å². The van der Waals surface area contributed by atoms with Crippen molar-refractivity contribution in [2.75, 3.05) is 12.9 Å². The van der Waals surface area contributed by atoms with Crippen molar-refractivity contribution in [3.05, 3.63) is 29.8 Å². The molecule has 0 aliphatic rings. The monoisotopic (exact) mass is 404 g/mol. The molecule has 0 aliphatic carbocycles. The Bertz CT molecular complexity index is 873. The van der Waals surface area contributed by atoms with Gasteiger partial charge in [-0.1, -0.05) is 12.1 Å². The first-order valence-corrected chi connectivity index (χ1v) is 10.6. The van der Waals surface area contributed by atoms with Gasteiger partial charge in [0, 0.05) is 6.26 Å². The molecule has 0 fully saturated rings. The molecule has 0 aromatic heterocycles. The van der Waals surface area contributed by atoms with E-state index in [2.05, 4.69) is 8.37 Å². The van der Waals surface area contributed by atoms with E-state index in [4.69, 9.17) is 10.3 Å². The van der Waals surface area contributed by atoms with Gasteiger partial charge < -0.3 is 10.3 Å². The zero-order valence-corrected chi connectivity index (χ0v) is 14.5. The number of hydrogen-bond acceptors (Lipinski definition) is 10. The van der Waals surface area contributed by atoms with Crippen LogP contribution in [0.15, 0.2) is 29.2 Å². The minimum absolute atomic E-state index is 0.0201. The average Bonchev–Trinajstić information content (AvgIpc) is 2.39. The summed E-state index contributed by atoms with van der Waals surface area (Å²) in [5.41, 5.74) is 5.52. The lowest BCUT2D eigenvalue weighted by Crippen LogP contribution is -2.36. The van der Waals surface area contributed by atoms with Crippen LogP contribution in [0, 0.1) is 0 Å². The predicted octanol–water partition coefficient (Wildman–Crippen LogP) is -1.25. The molecule has 3 N–H and O–H groups in total. The predicted molar refractivity (Wildman–Crippen MR) is 78.6 cm³/mol. The van der Waals surface area contributed by atoms with Crippen LogP contribution in [0.3, 0.4) is 0 Å². The molecule has 2 atom stereocenters. The van der Waals surface area contributed by atoms with Gasteiger partial charge in [-0.2, -0.15) is 8.42 Å². The lowest BCUT2D eigenvalue weighted by molar-refractivity contribution is 0.124. The lowest BCUT2D eigenvalue weighted by Gasteiger charge is -2.25. The summed E-state index contributed by atoms with van der Waals surface area (Å²) < 4.78 is 93.0. The van der Waals surface area contributed by atoms with Crippen molar-refractivity contribution in [2.24, 2.45) is 5.73 Å². The SMILES string of the molecule is CS(=O)(=O)c1ccc(C(OS(=O)(=O)[O-])C(N)COS(=O)(=O)O)cc1. The van der Waals surface area contributed by atoms with E-state index in [-0.39, 0.29) is 10.5 Å². The van der Waals surface area contributed by atoms with E-state index in [0.717, 1.165) is 30.5 Å². The van der Waals surface area contributed by atoms with Crippen molar-refractivity contribution in [3.8, 4) is 0 Å². The third kappa shape index (κ3) is 7.18. The smallest absolute Gasteiger partial charge is 0.397 e. The normalized spacial score (nSPS) is 15.8. The molecule has 0 saturated heterocycles. The Balaban J connectivity index is 3.14. The molecule has 0 saturated carbocycles. The molecule has 138 valence electrons. The Hall–Kier alpha value is -1.13. The number of rotatable bonds is 8. The van der Waals surface area contributed by atoms with E-state index >= 15 is 0 Å². The number of benzene rings is 1. The Morgan fingerprint density at radius 1 is 1.12 bits per heavy atom. The largest absolute Gasteiger partial charge is 0.726 e. The van der Waals surface area contributed by atoms with E-state index in [1.54, 1.807) is 0 Å². The molecule has 0 heterocycles. The molecule has 1 aromatic rings. The number of nitrogens with two attached hydrogens (primary N) is 1. The molecule has 2 unspecified atom stereocenters. The van der Waals surface area contributed by atoms with Crippen LogP contribution in [0.2, 0.25) is 0 Å². The van der Waals surface area contributed by atoms with E-state index in [0.29, 0.717) is 0 Å². The summed E-state index contributed by atoms with van der Waals surface area (Å²) in [5.74, 6) is 0. The zero-order valence-electron chi connectivity index (χ0n) is 12.1. The maximum atomic E-state index is 11.4. The van der Waals surface area contributed by atoms with E-state index in [1.165, 1.54) is 0 Å². The third-order valence-corrected chi connectivity index (χ3v) is 4.66. The first-order valence-electron chi connectivity index (χ1n) is 6.00. The van der Waals surface area contributed by atoms with E-state index < -0.39 is 49.4 Å². The van der Waals surface area contributed by atoms with Crippen molar-refractivity contribution in [1.29, 1.82) is 0 Å². The van der Waals surface area contributed by atoms with E-state index in [9.17, 15) is 29.8 Å². The Morgan fingerprint density at radius 2 is 1.62 bits per heavy atom. The summed E-state index contributed by atoms with van der Waals surface area (Å²) in [6.45, 7) is -0.896. The van der Waals surface area contributed by atoms with Gasteiger partial charge in [-0.3, -0.25) is 8.74 Å². The minimum Gasteiger partial charge on any atom is -0.726 e. The molecule has 14 heteroatoms. The van der Waals surface area contributed by atoms with Gasteiger partial charge in [0.2, 0.25) is 10.4 Å². The van der Waals surface area contributed by atoms with Crippen LogP contribution in [-0.4, -0.2) is 53.3 Å². The van der Waals surface area contributed by atoms with Crippen LogP contribution >= 0.6 is 0 Å². The molecule has 0 amide bonds. The molecule has 1 rings (SSSR count). The molecule has 0 aliphatic heterocycles. The molecular weight excluding hydrogens is 390 g/mol. The van der Waals surface area contributed by atoms with Crippen molar-refractivity contribution in [3.63, 3.8) is 0 Å². The first-order chi connectivity index (χ1) is 10.7. The van der Waals surface area contributed by atoms with Crippen LogP contribution in [0.5, 0.6) is 0 Å². The fourth-order valence-corrected chi connectivity index (χ4v) is 3.13. The molecule has 24 heavy (non-hydrogen) atoms. The average molecular weight is 404 g/mol. The van der Waals surface area contributed by atoms with Gasteiger partial charge in [0.05, 0.1) is 17.5 Å². The second-order valence-electron chi connectivity index (χ2n) is 4.64. The second kappa shape index (κ2) is 7.40. The Labute approximate surface area is 139 Å². The van der Waals surface area contributed by atoms with Gasteiger partial charge in [-0.15, -0.1) is 0 Å². The van der Waals surface area contributed by atoms with Gasteiger partial charge >= 0.3 is 10.4 Å². The fraction of sp³-hybridized carbons (Fsp3) is 0.400. The fourth-order valence-electron chi connectivity index (χ4n) is 1.66. The van der Waals surface area contributed by atoms with Crippen LogP contribution < -0.4 is 5.73 Å². The summed E-state index contributed by atoms with van der Waals surface area (Å²) in [5, 5.41) is 0. The Kier molecular flexibility index (Phi) is 6.45. The minimum atomic E-state index is -5.22. The van der Waals surface area contributed by atoms with Gasteiger partial charge in [-0.25, -0.2) is 21.0 Å². The first kappa shape index (κ1) is 20.9. The van der Waals surface area contributed by atoms with Crippen LogP contribution in [0.1, 0.15) is 11.7 Å². The van der Waals surface area contributed by atoms with Gasteiger partial charge in [0.25, 0.3) is 0 Å². The van der Waals surface area contributed by atoms with Crippen molar-refractivity contribution in [2.45, 2.75) is 17.0 Å². The highest BCUT2D eigenvalue weighted by Gasteiger charge is 2.26. The van der Waals surface area contributed by atoms with Gasteiger partial charge in [-0.05, 0) is 17.7 Å². The standard InChI is InChI=1S/C10H15NO10S3/c1-22(12,13)8-4-2-7(3-5-8)10(21-24(17,18)19)9(11)6-20-23(14,15)16/h2-5,9-10H,6,11H2,1H3,(H,14,15,16)(H,17,18,19)/p-1. The van der Waals surface area contributed by atoms with Crippen LogP contribution in [0.25, 0.3) is 0 Å². The maximum Gasteiger partial charge on any atom is 0.397 e. The highest BCUT2D eigenvalue weighted by atomic mass is 32.3. The van der Waals surface area contributed by atoms with E-state index in [1.807, 2.05) is 0 Å². The van der Waals surface area contributed by atoms with Crippen molar-refractivity contribution < 1.29 is 42.7 Å². The molecular formula is C10H14NO10S3-. The highest BCUT2D eigenvalue weighted by molar-refractivity contribution is 7.90. The van der Waals surface area contributed by atoms with Crippen molar-refractivity contribution >= 4 is 30.6 Å². The lowest BCUT2D eigenvalue weighted by atomic mass is 10.0. The zero-order chi connectivity index (χ0) is 18.8. The Morgan fingerprint density at radius 3 is 2.00 bits per heavy atom. The van der Waals surface area contributed by atoms with Gasteiger partial charge in [0.1, 0.15) is 6.10 Å². The second-order valence-corrected chi connectivity index (χ2v) is 8.76. The topological polar surface area (TPSA) is 190 Å².